The smallest absolute Gasteiger partial charge is 0.346 e. The van der Waals surface area contributed by atoms with Gasteiger partial charge in [0.15, 0.2) is 0 Å². The van der Waals surface area contributed by atoms with Crippen molar-refractivity contribution < 1.29 is 14.3 Å². The van der Waals surface area contributed by atoms with Gasteiger partial charge in [-0.1, -0.05) is 26.3 Å². The number of benzene rings is 1. The number of halogens is 1. The Morgan fingerprint density at radius 3 is 2.90 bits per heavy atom. The molecule has 1 atom stereocenters. The first-order chi connectivity index (χ1) is 9.54. The minimum Gasteiger partial charge on any atom is -0.477 e. The lowest BCUT2D eigenvalue weighted by Crippen LogP contribution is -2.21. The third kappa shape index (κ3) is 2.99. The first-order valence-corrected chi connectivity index (χ1v) is 7.50. The van der Waals surface area contributed by atoms with Gasteiger partial charge >= 0.3 is 5.97 Å². The van der Waals surface area contributed by atoms with E-state index < -0.39 is 5.97 Å². The molecule has 0 saturated carbocycles. The molecule has 0 radical (unpaired) electrons. The Hall–Kier alpha value is -1.46. The van der Waals surface area contributed by atoms with Crippen molar-refractivity contribution in [2.75, 3.05) is 6.54 Å². The maximum atomic E-state index is 14.0. The topological polar surface area (TPSA) is 49.3 Å². The molecule has 1 aromatic carbocycles. The summed E-state index contributed by atoms with van der Waals surface area (Å²) in [4.78, 5) is 11.5. The van der Waals surface area contributed by atoms with Crippen LogP contribution in [0.15, 0.2) is 18.2 Å². The number of carboxylic acids is 1. The van der Waals surface area contributed by atoms with Gasteiger partial charge < -0.3 is 10.4 Å². The van der Waals surface area contributed by atoms with Gasteiger partial charge in [-0.05, 0) is 24.6 Å². The van der Waals surface area contributed by atoms with Gasteiger partial charge in [0, 0.05) is 22.2 Å². The first-order valence-electron chi connectivity index (χ1n) is 6.68. The molecule has 20 heavy (non-hydrogen) atoms. The average molecular weight is 295 g/mol. The van der Waals surface area contributed by atoms with Crippen molar-refractivity contribution in [1.82, 2.24) is 5.32 Å². The van der Waals surface area contributed by atoms with E-state index in [2.05, 4.69) is 19.2 Å². The molecule has 3 nitrogen and oxygen atoms in total. The summed E-state index contributed by atoms with van der Waals surface area (Å²) < 4.78 is 14.6. The number of carbonyl (C=O) groups is 1. The molecule has 2 rings (SSSR count). The van der Waals surface area contributed by atoms with Crippen molar-refractivity contribution >= 4 is 27.4 Å². The third-order valence-corrected chi connectivity index (χ3v) is 4.63. The van der Waals surface area contributed by atoms with Crippen LogP contribution in [-0.2, 0) is 6.54 Å². The van der Waals surface area contributed by atoms with E-state index in [-0.39, 0.29) is 10.7 Å². The minimum absolute atomic E-state index is 0.224. The Bertz CT molecular complexity index is 624. The van der Waals surface area contributed by atoms with Gasteiger partial charge in [0.05, 0.1) is 0 Å². The van der Waals surface area contributed by atoms with Crippen LogP contribution in [0.1, 0.15) is 35.5 Å². The van der Waals surface area contributed by atoms with E-state index in [1.165, 1.54) is 6.07 Å². The number of thiophene rings is 1. The van der Waals surface area contributed by atoms with Crippen LogP contribution in [0.5, 0.6) is 0 Å². The van der Waals surface area contributed by atoms with Crippen molar-refractivity contribution in [2.24, 2.45) is 5.92 Å². The Labute approximate surface area is 121 Å². The van der Waals surface area contributed by atoms with Crippen LogP contribution in [0.3, 0.4) is 0 Å². The molecule has 2 aromatic rings. The molecule has 0 aliphatic carbocycles. The van der Waals surface area contributed by atoms with Crippen LogP contribution in [0.25, 0.3) is 10.1 Å². The van der Waals surface area contributed by atoms with E-state index in [0.29, 0.717) is 28.1 Å². The van der Waals surface area contributed by atoms with Crippen LogP contribution in [0.4, 0.5) is 4.39 Å². The fourth-order valence-electron chi connectivity index (χ4n) is 2.10. The molecular weight excluding hydrogens is 277 g/mol. The number of nitrogens with one attached hydrogen (secondary N) is 1. The lowest BCUT2D eigenvalue weighted by Gasteiger charge is -2.10. The summed E-state index contributed by atoms with van der Waals surface area (Å²) in [5, 5.41) is 12.9. The van der Waals surface area contributed by atoms with E-state index in [1.54, 1.807) is 12.1 Å². The molecule has 108 valence electrons. The first kappa shape index (κ1) is 14.9. The van der Waals surface area contributed by atoms with Crippen LogP contribution in [0.2, 0.25) is 0 Å². The lowest BCUT2D eigenvalue weighted by molar-refractivity contribution is 0.0701. The highest BCUT2D eigenvalue weighted by atomic mass is 32.1. The summed E-state index contributed by atoms with van der Waals surface area (Å²) in [6.07, 6.45) is 1.05. The van der Waals surface area contributed by atoms with Crippen molar-refractivity contribution in [1.29, 1.82) is 0 Å². The summed E-state index contributed by atoms with van der Waals surface area (Å²) in [6.45, 7) is 5.40. The van der Waals surface area contributed by atoms with Gasteiger partial charge in [0.2, 0.25) is 0 Å². The molecule has 0 fully saturated rings. The normalized spacial score (nSPS) is 12.8. The van der Waals surface area contributed by atoms with Gasteiger partial charge in [-0.15, -0.1) is 11.3 Å². The van der Waals surface area contributed by atoms with Crippen LogP contribution in [-0.4, -0.2) is 17.6 Å². The number of carboxylic acid groups (broad SMARTS) is 1. The van der Waals surface area contributed by atoms with Crippen LogP contribution < -0.4 is 5.32 Å². The summed E-state index contributed by atoms with van der Waals surface area (Å²) in [6, 6.07) is 4.74. The zero-order valence-corrected chi connectivity index (χ0v) is 12.4. The molecule has 0 amide bonds. The van der Waals surface area contributed by atoms with E-state index in [4.69, 9.17) is 0 Å². The van der Waals surface area contributed by atoms with Crippen molar-refractivity contribution in [3.8, 4) is 0 Å². The van der Waals surface area contributed by atoms with E-state index in [0.717, 1.165) is 24.3 Å². The molecule has 1 heterocycles. The second-order valence-corrected chi connectivity index (χ2v) is 6.02. The Morgan fingerprint density at radius 1 is 1.50 bits per heavy atom. The number of aromatic carboxylic acids is 1. The molecule has 2 N–H and O–H groups in total. The predicted molar refractivity (Wildman–Crippen MR) is 79.9 cm³/mol. The third-order valence-electron chi connectivity index (χ3n) is 3.45. The Kier molecular flexibility index (Phi) is 4.73. The Morgan fingerprint density at radius 2 is 2.25 bits per heavy atom. The average Bonchev–Trinajstić information content (AvgIpc) is 2.79. The number of rotatable bonds is 6. The van der Waals surface area contributed by atoms with Crippen LogP contribution >= 0.6 is 11.3 Å². The number of fused-ring (bicyclic) bond motifs is 1. The SMILES string of the molecule is CCC(C)CNCc1c(C(=O)O)sc2cccc(F)c12. The quantitative estimate of drug-likeness (QED) is 0.850. The highest BCUT2D eigenvalue weighted by Gasteiger charge is 2.19. The summed E-state index contributed by atoms with van der Waals surface area (Å²) in [7, 11) is 0. The molecule has 1 unspecified atom stereocenters. The molecular formula is C15H18FNO2S. The lowest BCUT2D eigenvalue weighted by atomic mass is 10.1. The molecule has 0 aliphatic rings. The van der Waals surface area contributed by atoms with Gasteiger partial charge in [0.1, 0.15) is 10.7 Å². The molecule has 1 aromatic heterocycles. The summed E-state index contributed by atoms with van der Waals surface area (Å²) >= 11 is 1.13. The largest absolute Gasteiger partial charge is 0.477 e. The molecule has 0 saturated heterocycles. The molecule has 5 heteroatoms. The fourth-order valence-corrected chi connectivity index (χ4v) is 3.17. The zero-order chi connectivity index (χ0) is 14.7. The predicted octanol–water partition coefficient (Wildman–Crippen LogP) is 3.87. The summed E-state index contributed by atoms with van der Waals surface area (Å²) in [5.41, 5.74) is 0.555. The van der Waals surface area contributed by atoms with Crippen molar-refractivity contribution in [3.05, 3.63) is 34.5 Å². The Balaban J connectivity index is 2.34. The van der Waals surface area contributed by atoms with Gasteiger partial charge in [-0.3, -0.25) is 0 Å². The van der Waals surface area contributed by atoms with E-state index >= 15 is 0 Å². The van der Waals surface area contributed by atoms with Crippen molar-refractivity contribution in [3.63, 3.8) is 0 Å². The second-order valence-electron chi connectivity index (χ2n) is 4.97. The monoisotopic (exact) mass is 295 g/mol. The van der Waals surface area contributed by atoms with E-state index in [9.17, 15) is 14.3 Å². The maximum absolute atomic E-state index is 14.0. The van der Waals surface area contributed by atoms with Crippen molar-refractivity contribution in [2.45, 2.75) is 26.8 Å². The highest BCUT2D eigenvalue weighted by molar-refractivity contribution is 7.21. The minimum atomic E-state index is -0.995. The summed E-state index contributed by atoms with van der Waals surface area (Å²) in [5.74, 6) is -0.837. The van der Waals surface area contributed by atoms with Crippen LogP contribution in [0, 0.1) is 11.7 Å². The highest BCUT2D eigenvalue weighted by Crippen LogP contribution is 2.33. The van der Waals surface area contributed by atoms with Gasteiger partial charge in [0.25, 0.3) is 0 Å². The standard InChI is InChI=1S/C15H18FNO2S/c1-3-9(2)7-17-8-10-13-11(16)5-4-6-12(13)20-14(10)15(18)19/h4-6,9,17H,3,7-8H2,1-2H3,(H,18,19). The fraction of sp³-hybridized carbons (Fsp3) is 0.400. The second kappa shape index (κ2) is 6.33. The van der Waals surface area contributed by atoms with E-state index in [1.807, 2.05) is 0 Å². The zero-order valence-electron chi connectivity index (χ0n) is 11.6. The van der Waals surface area contributed by atoms with Gasteiger partial charge in [-0.2, -0.15) is 0 Å². The number of hydrogen-bond acceptors (Lipinski definition) is 3. The molecule has 0 aliphatic heterocycles. The maximum Gasteiger partial charge on any atom is 0.346 e. The van der Waals surface area contributed by atoms with Gasteiger partial charge in [-0.25, -0.2) is 9.18 Å². The molecule has 0 bridgehead atoms. The molecule has 0 spiro atoms. The number of hydrogen-bond donors (Lipinski definition) is 2.